The molecule has 198 valence electrons. The van der Waals surface area contributed by atoms with Gasteiger partial charge in [0.1, 0.15) is 11.5 Å². The lowest BCUT2D eigenvalue weighted by Gasteiger charge is -2.23. The van der Waals surface area contributed by atoms with E-state index in [1.165, 1.54) is 0 Å². The van der Waals surface area contributed by atoms with Crippen LogP contribution in [0.1, 0.15) is 39.6 Å². The summed E-state index contributed by atoms with van der Waals surface area (Å²) in [7, 11) is 5.28. The number of carbonyl (C=O) groups is 2. The van der Waals surface area contributed by atoms with Crippen molar-refractivity contribution in [3.8, 4) is 11.5 Å². The summed E-state index contributed by atoms with van der Waals surface area (Å²) in [5.74, 6) is -0.537. The van der Waals surface area contributed by atoms with Crippen LogP contribution in [0.2, 0.25) is 0 Å². The molecular weight excluding hydrogens is 479 g/mol. The molecule has 2 aromatic rings. The van der Waals surface area contributed by atoms with Gasteiger partial charge in [0.05, 0.1) is 20.3 Å². The number of likely N-dealkylation sites (N-methyl/N-ethyl adjacent to an activating group) is 1. The molecule has 36 heavy (non-hydrogen) atoms. The van der Waals surface area contributed by atoms with Crippen LogP contribution in [0, 0.1) is 25.7 Å². The number of ether oxygens (including phenoxy) is 2. The van der Waals surface area contributed by atoms with Crippen molar-refractivity contribution in [1.29, 1.82) is 0 Å². The number of aliphatic hydroxyl groups is 1. The lowest BCUT2D eigenvalue weighted by Crippen LogP contribution is -2.27. The molecule has 0 heterocycles. The van der Waals surface area contributed by atoms with Gasteiger partial charge in [-0.25, -0.2) is 4.79 Å². The lowest BCUT2D eigenvalue weighted by atomic mass is 9.99. The molecule has 3 rings (SSSR count). The number of Topliss-reactive ketones (excluding diaryl/α,β-unsaturated/α-hetero) is 1. The minimum absolute atomic E-state index is 0.0768. The van der Waals surface area contributed by atoms with Crippen molar-refractivity contribution in [1.82, 2.24) is 4.90 Å². The van der Waals surface area contributed by atoms with E-state index in [2.05, 4.69) is 4.90 Å². The van der Waals surface area contributed by atoms with Crippen molar-refractivity contribution in [2.24, 2.45) is 11.8 Å². The number of rotatable bonds is 9. The van der Waals surface area contributed by atoms with Crippen molar-refractivity contribution >= 4 is 11.8 Å². The average Bonchev–Trinajstić information content (AvgIpc) is 3.58. The molecule has 0 saturated heterocycles. The Morgan fingerprint density at radius 2 is 1.67 bits per heavy atom. The molecule has 0 amide bonds. The van der Waals surface area contributed by atoms with Gasteiger partial charge < -0.3 is 24.6 Å². The molecule has 3 atom stereocenters. The Kier molecular flexibility index (Phi) is 9.89. The zero-order valence-electron chi connectivity index (χ0n) is 20.9. The number of carboxylic acid groups (broad SMARTS) is 1. The topological polar surface area (TPSA) is 96.3 Å². The Balaban J connectivity index is 0.000000572. The van der Waals surface area contributed by atoms with Crippen LogP contribution in [0.15, 0.2) is 36.4 Å². The highest BCUT2D eigenvalue weighted by molar-refractivity contribution is 5.99. The Bertz CT molecular complexity index is 1050. The highest BCUT2D eigenvalue weighted by Crippen LogP contribution is 2.41. The first-order valence-corrected chi connectivity index (χ1v) is 11.3. The number of hydrogen-bond donors (Lipinski definition) is 2. The van der Waals surface area contributed by atoms with Crippen LogP contribution in [0.25, 0.3) is 0 Å². The molecule has 1 fully saturated rings. The first-order valence-electron chi connectivity index (χ1n) is 11.3. The molecule has 0 radical (unpaired) electrons. The highest BCUT2D eigenvalue weighted by atomic mass is 19.4. The number of hydrogen-bond acceptors (Lipinski definition) is 6. The molecule has 2 aromatic carbocycles. The minimum Gasteiger partial charge on any atom is -0.497 e. The van der Waals surface area contributed by atoms with Gasteiger partial charge in [-0.15, -0.1) is 0 Å². The number of nitrogens with zero attached hydrogens (tertiary/aromatic N) is 1. The monoisotopic (exact) mass is 511 g/mol. The summed E-state index contributed by atoms with van der Waals surface area (Å²) in [4.78, 5) is 23.7. The van der Waals surface area contributed by atoms with Crippen molar-refractivity contribution in [2.75, 3.05) is 34.4 Å². The van der Waals surface area contributed by atoms with Crippen LogP contribution in [0.5, 0.6) is 11.5 Å². The van der Waals surface area contributed by atoms with Gasteiger partial charge in [0.15, 0.2) is 5.78 Å². The highest BCUT2D eigenvalue weighted by Gasteiger charge is 2.43. The molecule has 0 bridgehead atoms. The van der Waals surface area contributed by atoms with Gasteiger partial charge >= 0.3 is 12.1 Å². The SMILES string of the molecule is COc1ccc(C(=O)C2CC2CN(C)CC(O)c2cc(C)c(OC)cc2C)cc1.O=C(O)C(F)(F)F. The molecule has 2 N–H and O–H groups in total. The van der Waals surface area contributed by atoms with E-state index in [4.69, 9.17) is 19.4 Å². The molecule has 1 saturated carbocycles. The summed E-state index contributed by atoms with van der Waals surface area (Å²) in [6.07, 6.45) is -4.74. The maximum atomic E-state index is 12.7. The van der Waals surface area contributed by atoms with Crippen LogP contribution >= 0.6 is 0 Å². The van der Waals surface area contributed by atoms with E-state index in [1.807, 2.05) is 57.3 Å². The molecule has 3 unspecified atom stereocenters. The van der Waals surface area contributed by atoms with Gasteiger partial charge in [0.2, 0.25) is 0 Å². The van der Waals surface area contributed by atoms with Crippen LogP contribution < -0.4 is 9.47 Å². The molecule has 0 spiro atoms. The number of carboxylic acids is 1. The van der Waals surface area contributed by atoms with Gasteiger partial charge in [0.25, 0.3) is 0 Å². The Morgan fingerprint density at radius 1 is 1.08 bits per heavy atom. The van der Waals surface area contributed by atoms with E-state index in [9.17, 15) is 23.1 Å². The largest absolute Gasteiger partial charge is 0.497 e. The van der Waals surface area contributed by atoms with Gasteiger partial charge in [-0.2, -0.15) is 13.2 Å². The summed E-state index contributed by atoms with van der Waals surface area (Å²) in [6.45, 7) is 5.31. The van der Waals surface area contributed by atoms with E-state index < -0.39 is 18.2 Å². The fourth-order valence-corrected chi connectivity index (χ4v) is 4.00. The smallest absolute Gasteiger partial charge is 0.490 e. The van der Waals surface area contributed by atoms with Crippen LogP contribution in [0.3, 0.4) is 0 Å². The van der Waals surface area contributed by atoms with Crippen molar-refractivity contribution in [3.05, 3.63) is 58.7 Å². The zero-order valence-corrected chi connectivity index (χ0v) is 20.9. The molecular formula is C26H32F3NO6. The number of aliphatic carboxylic acids is 1. The van der Waals surface area contributed by atoms with Crippen LogP contribution in [-0.2, 0) is 4.79 Å². The predicted molar refractivity (Wildman–Crippen MR) is 128 cm³/mol. The molecule has 1 aliphatic carbocycles. The number of alkyl halides is 3. The predicted octanol–water partition coefficient (Wildman–Crippen LogP) is 4.44. The minimum atomic E-state index is -5.08. The maximum absolute atomic E-state index is 12.7. The number of aliphatic hydroxyl groups excluding tert-OH is 1. The number of aryl methyl sites for hydroxylation is 2. The van der Waals surface area contributed by atoms with E-state index in [-0.39, 0.29) is 11.7 Å². The van der Waals surface area contributed by atoms with Gasteiger partial charge in [-0.05, 0) is 86.3 Å². The van der Waals surface area contributed by atoms with E-state index in [1.54, 1.807) is 14.2 Å². The van der Waals surface area contributed by atoms with Crippen molar-refractivity contribution in [3.63, 3.8) is 0 Å². The number of halogens is 3. The number of carbonyl (C=O) groups excluding carboxylic acids is 1. The van der Waals surface area contributed by atoms with Crippen molar-refractivity contribution < 1.29 is 42.4 Å². The van der Waals surface area contributed by atoms with Crippen molar-refractivity contribution in [2.45, 2.75) is 32.5 Å². The zero-order chi connectivity index (χ0) is 27.2. The quantitative estimate of drug-likeness (QED) is 0.481. The van der Waals surface area contributed by atoms with Crippen LogP contribution in [-0.4, -0.2) is 67.4 Å². The number of methoxy groups -OCH3 is 2. The summed E-state index contributed by atoms with van der Waals surface area (Å²) >= 11 is 0. The third kappa shape index (κ3) is 7.96. The first kappa shape index (κ1) is 29.1. The van der Waals surface area contributed by atoms with E-state index >= 15 is 0 Å². The molecule has 7 nitrogen and oxygen atoms in total. The normalized spacial score (nSPS) is 17.6. The summed E-state index contributed by atoms with van der Waals surface area (Å²) < 4.78 is 42.2. The van der Waals surface area contributed by atoms with E-state index in [0.29, 0.717) is 12.5 Å². The maximum Gasteiger partial charge on any atom is 0.490 e. The summed E-state index contributed by atoms with van der Waals surface area (Å²) in [5, 5.41) is 17.9. The summed E-state index contributed by atoms with van der Waals surface area (Å²) in [5.41, 5.74) is 3.71. The Labute approximate surface area is 208 Å². The summed E-state index contributed by atoms with van der Waals surface area (Å²) in [6, 6.07) is 11.3. The van der Waals surface area contributed by atoms with Gasteiger partial charge in [-0.3, -0.25) is 4.79 Å². The Hall–Kier alpha value is -3.11. The number of benzene rings is 2. The second-order valence-corrected chi connectivity index (χ2v) is 8.91. The lowest BCUT2D eigenvalue weighted by molar-refractivity contribution is -0.192. The standard InChI is InChI=1S/C24H31NO4.C2HF3O2/c1-15-11-23(29-5)16(2)10-20(15)22(26)14-25(3)13-18-12-21(18)24(27)17-6-8-19(28-4)9-7-17;3-2(4,5)1(6)7/h6-11,18,21-22,26H,12-14H2,1-5H3;(H,6,7). The molecule has 10 heteroatoms. The first-order chi connectivity index (χ1) is 16.8. The Morgan fingerprint density at radius 3 is 2.17 bits per heavy atom. The van der Waals surface area contributed by atoms with E-state index in [0.717, 1.165) is 46.7 Å². The third-order valence-electron chi connectivity index (χ3n) is 6.05. The van der Waals surface area contributed by atoms with Gasteiger partial charge in [0, 0.05) is 24.6 Å². The van der Waals surface area contributed by atoms with Crippen LogP contribution in [0.4, 0.5) is 13.2 Å². The average molecular weight is 512 g/mol. The molecule has 1 aliphatic rings. The third-order valence-corrected chi connectivity index (χ3v) is 6.05. The fraction of sp³-hybridized carbons (Fsp3) is 0.462. The fourth-order valence-electron chi connectivity index (χ4n) is 4.00. The molecule has 0 aromatic heterocycles. The molecule has 0 aliphatic heterocycles. The second kappa shape index (κ2) is 12.2. The second-order valence-electron chi connectivity index (χ2n) is 8.91. The van der Waals surface area contributed by atoms with Gasteiger partial charge in [-0.1, -0.05) is 0 Å². The number of ketones is 1.